The molecule has 7 heteroatoms. The summed E-state index contributed by atoms with van der Waals surface area (Å²) in [5.41, 5.74) is 2.53. The minimum atomic E-state index is -3.20. The maximum Gasteiger partial charge on any atom is 0.215 e. The molecule has 1 unspecified atom stereocenters. The van der Waals surface area contributed by atoms with Crippen molar-refractivity contribution < 1.29 is 8.42 Å². The second kappa shape index (κ2) is 6.10. The van der Waals surface area contributed by atoms with E-state index in [1.165, 1.54) is 15.6 Å². The molecular formula is C11H19N3O2S2. The number of aromatic nitrogens is 1. The Morgan fingerprint density at radius 3 is 3.00 bits per heavy atom. The summed E-state index contributed by atoms with van der Waals surface area (Å²) in [7, 11) is -1.58. The van der Waals surface area contributed by atoms with E-state index in [9.17, 15) is 8.42 Å². The molecule has 0 aromatic carbocycles. The first-order chi connectivity index (χ1) is 8.58. The van der Waals surface area contributed by atoms with E-state index in [2.05, 4.69) is 10.3 Å². The standard InChI is InChI=1S/C11H19N3O2S2/c1-14(6-11-7-17-9-13-11)18(15,16)8-10-4-2-3-5-12-10/h7,9-10,12H,2-6,8H2,1H3. The van der Waals surface area contributed by atoms with Gasteiger partial charge < -0.3 is 5.32 Å². The van der Waals surface area contributed by atoms with E-state index >= 15 is 0 Å². The molecule has 1 aliphatic heterocycles. The zero-order chi connectivity index (χ0) is 13.0. The third-order valence-corrected chi connectivity index (χ3v) is 5.70. The number of nitrogens with zero attached hydrogens (tertiary/aromatic N) is 2. The molecule has 0 saturated carbocycles. The predicted octanol–water partition coefficient (Wildman–Crippen LogP) is 1.05. The number of rotatable bonds is 5. The van der Waals surface area contributed by atoms with Gasteiger partial charge in [0.2, 0.25) is 10.0 Å². The van der Waals surface area contributed by atoms with E-state index in [1.807, 2.05) is 5.38 Å². The molecule has 5 nitrogen and oxygen atoms in total. The summed E-state index contributed by atoms with van der Waals surface area (Å²) in [6.07, 6.45) is 3.21. The van der Waals surface area contributed by atoms with Crippen LogP contribution in [0.25, 0.3) is 0 Å². The van der Waals surface area contributed by atoms with Gasteiger partial charge in [0.1, 0.15) is 0 Å². The predicted molar refractivity (Wildman–Crippen MR) is 73.0 cm³/mol. The lowest BCUT2D eigenvalue weighted by Crippen LogP contribution is -2.43. The topological polar surface area (TPSA) is 62.3 Å². The van der Waals surface area contributed by atoms with Gasteiger partial charge in [-0.05, 0) is 19.4 Å². The molecule has 18 heavy (non-hydrogen) atoms. The van der Waals surface area contributed by atoms with Crippen molar-refractivity contribution in [3.05, 3.63) is 16.6 Å². The summed E-state index contributed by atoms with van der Waals surface area (Å²) in [6, 6.07) is 0.0987. The van der Waals surface area contributed by atoms with Crippen molar-refractivity contribution in [1.29, 1.82) is 0 Å². The van der Waals surface area contributed by atoms with Crippen LogP contribution in [0.1, 0.15) is 25.0 Å². The van der Waals surface area contributed by atoms with E-state index < -0.39 is 10.0 Å². The number of nitrogens with one attached hydrogen (secondary N) is 1. The first kappa shape index (κ1) is 13.9. The number of sulfonamides is 1. The zero-order valence-corrected chi connectivity index (χ0v) is 12.1. The van der Waals surface area contributed by atoms with Crippen LogP contribution in [0, 0.1) is 0 Å². The van der Waals surface area contributed by atoms with Crippen molar-refractivity contribution in [2.75, 3.05) is 19.3 Å². The van der Waals surface area contributed by atoms with E-state index in [0.29, 0.717) is 6.54 Å². The van der Waals surface area contributed by atoms with Crippen LogP contribution >= 0.6 is 11.3 Å². The van der Waals surface area contributed by atoms with Crippen LogP contribution in [0.4, 0.5) is 0 Å². The Morgan fingerprint density at radius 1 is 1.56 bits per heavy atom. The van der Waals surface area contributed by atoms with Crippen LogP contribution < -0.4 is 5.32 Å². The van der Waals surface area contributed by atoms with E-state index in [-0.39, 0.29) is 11.8 Å². The number of hydrogen-bond acceptors (Lipinski definition) is 5. The minimum Gasteiger partial charge on any atom is -0.313 e. The third-order valence-electron chi connectivity index (χ3n) is 3.17. The zero-order valence-electron chi connectivity index (χ0n) is 10.5. The molecule has 1 N–H and O–H groups in total. The Kier molecular flexibility index (Phi) is 4.71. The highest BCUT2D eigenvalue weighted by atomic mass is 32.2. The fourth-order valence-corrected chi connectivity index (χ4v) is 4.02. The number of piperidine rings is 1. The van der Waals surface area contributed by atoms with Crippen molar-refractivity contribution in [2.45, 2.75) is 31.8 Å². The van der Waals surface area contributed by atoms with Crippen molar-refractivity contribution in [1.82, 2.24) is 14.6 Å². The molecule has 2 heterocycles. The number of thiazole rings is 1. The molecule has 0 amide bonds. The van der Waals surface area contributed by atoms with Gasteiger partial charge >= 0.3 is 0 Å². The van der Waals surface area contributed by atoms with Crippen LogP contribution in [0.2, 0.25) is 0 Å². The van der Waals surface area contributed by atoms with Gasteiger partial charge in [0, 0.05) is 18.5 Å². The van der Waals surface area contributed by atoms with E-state index in [0.717, 1.165) is 31.5 Å². The fourth-order valence-electron chi connectivity index (χ4n) is 2.09. The molecule has 102 valence electrons. The maximum absolute atomic E-state index is 12.2. The van der Waals surface area contributed by atoms with Gasteiger partial charge in [0.05, 0.1) is 23.5 Å². The minimum absolute atomic E-state index is 0.0987. The van der Waals surface area contributed by atoms with Crippen molar-refractivity contribution in [2.24, 2.45) is 0 Å². The van der Waals surface area contributed by atoms with Gasteiger partial charge in [0.25, 0.3) is 0 Å². The van der Waals surface area contributed by atoms with Gasteiger partial charge in [-0.2, -0.15) is 4.31 Å². The summed E-state index contributed by atoms with van der Waals surface area (Å²) >= 11 is 1.48. The molecule has 1 saturated heterocycles. The average molecular weight is 289 g/mol. The average Bonchev–Trinajstić information content (AvgIpc) is 2.82. The molecule has 1 fully saturated rings. The van der Waals surface area contributed by atoms with Crippen LogP contribution in [0.15, 0.2) is 10.9 Å². The monoisotopic (exact) mass is 289 g/mol. The molecule has 0 aliphatic carbocycles. The number of hydrogen-bond donors (Lipinski definition) is 1. The van der Waals surface area contributed by atoms with E-state index in [4.69, 9.17) is 0 Å². The summed E-state index contributed by atoms with van der Waals surface area (Å²) in [5, 5.41) is 5.15. The second-order valence-electron chi connectivity index (χ2n) is 4.66. The molecule has 2 rings (SSSR count). The molecule has 1 aromatic rings. The third kappa shape index (κ3) is 3.74. The lowest BCUT2D eigenvalue weighted by Gasteiger charge is -2.25. The van der Waals surface area contributed by atoms with Crippen LogP contribution in [-0.4, -0.2) is 43.1 Å². The van der Waals surface area contributed by atoms with E-state index in [1.54, 1.807) is 12.6 Å². The van der Waals surface area contributed by atoms with Crippen molar-refractivity contribution in [3.63, 3.8) is 0 Å². The Hall–Kier alpha value is -0.500. The van der Waals surface area contributed by atoms with Crippen LogP contribution in [0.5, 0.6) is 0 Å². The van der Waals surface area contributed by atoms with Gasteiger partial charge in [-0.25, -0.2) is 13.4 Å². The second-order valence-corrected chi connectivity index (χ2v) is 7.50. The molecule has 0 spiro atoms. The highest BCUT2D eigenvalue weighted by Crippen LogP contribution is 2.13. The van der Waals surface area contributed by atoms with Gasteiger partial charge in [-0.15, -0.1) is 11.3 Å². The summed E-state index contributed by atoms with van der Waals surface area (Å²) in [6.45, 7) is 1.29. The molecule has 1 aliphatic rings. The van der Waals surface area contributed by atoms with Crippen molar-refractivity contribution >= 4 is 21.4 Å². The molecule has 1 aromatic heterocycles. The highest BCUT2D eigenvalue weighted by Gasteiger charge is 2.24. The van der Waals surface area contributed by atoms with Gasteiger partial charge in [0.15, 0.2) is 0 Å². The Balaban J connectivity index is 1.92. The summed E-state index contributed by atoms with van der Waals surface area (Å²) in [5.74, 6) is 0.188. The summed E-state index contributed by atoms with van der Waals surface area (Å²) in [4.78, 5) is 4.11. The van der Waals surface area contributed by atoms with Crippen LogP contribution in [-0.2, 0) is 16.6 Å². The Morgan fingerprint density at radius 2 is 2.39 bits per heavy atom. The molecule has 0 radical (unpaired) electrons. The lowest BCUT2D eigenvalue weighted by molar-refractivity contribution is 0.407. The molecular weight excluding hydrogens is 270 g/mol. The largest absolute Gasteiger partial charge is 0.313 e. The smallest absolute Gasteiger partial charge is 0.215 e. The van der Waals surface area contributed by atoms with Gasteiger partial charge in [-0.3, -0.25) is 0 Å². The van der Waals surface area contributed by atoms with Gasteiger partial charge in [-0.1, -0.05) is 6.42 Å². The van der Waals surface area contributed by atoms with Crippen molar-refractivity contribution in [3.8, 4) is 0 Å². The SMILES string of the molecule is CN(Cc1cscn1)S(=O)(=O)CC1CCCCN1. The Bertz CT molecular complexity index is 453. The van der Waals surface area contributed by atoms with Crippen LogP contribution in [0.3, 0.4) is 0 Å². The first-order valence-electron chi connectivity index (χ1n) is 6.12. The maximum atomic E-state index is 12.2. The lowest BCUT2D eigenvalue weighted by atomic mass is 10.1. The molecule has 0 bridgehead atoms. The fraction of sp³-hybridized carbons (Fsp3) is 0.727. The Labute approximate surface area is 112 Å². The first-order valence-corrected chi connectivity index (χ1v) is 8.67. The highest BCUT2D eigenvalue weighted by molar-refractivity contribution is 7.89. The molecule has 1 atom stereocenters. The quantitative estimate of drug-likeness (QED) is 0.880. The summed E-state index contributed by atoms with van der Waals surface area (Å²) < 4.78 is 25.8. The normalized spacial score (nSPS) is 21.3.